The molecule has 0 amide bonds. The second kappa shape index (κ2) is 3.61. The monoisotopic (exact) mass is 129 g/mol. The van der Waals surface area contributed by atoms with Crippen LogP contribution in [0.15, 0.2) is 11.6 Å². The lowest BCUT2D eigenvalue weighted by atomic mass is 10.2. The van der Waals surface area contributed by atoms with Crippen LogP contribution in [-0.2, 0) is 4.79 Å². The maximum Gasteiger partial charge on any atom is 0.242 e. The predicted molar refractivity (Wildman–Crippen MR) is 36.6 cm³/mol. The minimum absolute atomic E-state index is 0.274. The van der Waals surface area contributed by atoms with Crippen LogP contribution >= 0.6 is 12.6 Å². The van der Waals surface area contributed by atoms with Crippen LogP contribution in [0.5, 0.6) is 0 Å². The first-order valence-electron chi connectivity index (χ1n) is 2.55. The largest absolute Gasteiger partial charge is 0.277 e. The first-order valence-corrected chi connectivity index (χ1v) is 2.95. The van der Waals surface area contributed by atoms with Crippen LogP contribution in [0.25, 0.3) is 0 Å². The molecular formula is C6H9OS. The summed E-state index contributed by atoms with van der Waals surface area (Å²) < 4.78 is 0. The quantitative estimate of drug-likeness (QED) is 0.521. The van der Waals surface area contributed by atoms with Crippen molar-refractivity contribution in [2.75, 3.05) is 0 Å². The van der Waals surface area contributed by atoms with Crippen LogP contribution in [0, 0.1) is 0 Å². The minimum atomic E-state index is -0.274. The van der Waals surface area contributed by atoms with Gasteiger partial charge in [-0.05, 0) is 32.0 Å². The molecule has 0 N–H and O–H groups in total. The van der Waals surface area contributed by atoms with Gasteiger partial charge in [0.15, 0.2) is 0 Å². The van der Waals surface area contributed by atoms with E-state index in [0.29, 0.717) is 0 Å². The summed E-state index contributed by atoms with van der Waals surface area (Å²) in [6, 6.07) is 0. The Morgan fingerprint density at radius 3 is 2.38 bits per heavy atom. The van der Waals surface area contributed by atoms with Crippen LogP contribution in [0.2, 0.25) is 0 Å². The van der Waals surface area contributed by atoms with Crippen molar-refractivity contribution < 1.29 is 4.79 Å². The predicted octanol–water partition coefficient (Wildman–Crippen LogP) is 2.07. The molecule has 0 aromatic rings. The number of carbonyl (C=O) groups excluding carboxylic acids is 1. The maximum absolute atomic E-state index is 10.2. The third-order valence-corrected chi connectivity index (χ3v) is 1.04. The molecule has 0 fully saturated rings. The lowest BCUT2D eigenvalue weighted by molar-refractivity contribution is -0.106. The molecule has 8 heavy (non-hydrogen) atoms. The number of carbonyl (C=O) groups is 1. The molecule has 0 aliphatic heterocycles. The highest BCUT2D eigenvalue weighted by atomic mass is 32.1. The average Bonchev–Trinajstić information content (AvgIpc) is 1.65. The van der Waals surface area contributed by atoms with Gasteiger partial charge in [-0.15, -0.1) is 0 Å². The van der Waals surface area contributed by atoms with E-state index >= 15 is 0 Å². The zero-order valence-corrected chi connectivity index (χ0v) is 5.92. The van der Waals surface area contributed by atoms with E-state index in [-0.39, 0.29) is 5.12 Å². The Hall–Kier alpha value is -0.370. The van der Waals surface area contributed by atoms with Gasteiger partial charge in [-0.2, -0.15) is 0 Å². The van der Waals surface area contributed by atoms with Gasteiger partial charge < -0.3 is 0 Å². The first-order chi connectivity index (χ1) is 3.66. The molecule has 1 radical (unpaired) electrons. The van der Waals surface area contributed by atoms with E-state index in [1.54, 1.807) is 0 Å². The molecule has 0 heterocycles. The third-order valence-electron chi connectivity index (χ3n) is 0.922. The number of rotatable bonds is 2. The Morgan fingerprint density at radius 2 is 2.25 bits per heavy atom. The molecular weight excluding hydrogens is 120 g/mol. The standard InChI is InChI=1S/C6H9OS/c1-3-5(2)4-6(7)8/h4H,3H2,1-2H3/b5-4+. The Kier molecular flexibility index (Phi) is 3.44. The van der Waals surface area contributed by atoms with Gasteiger partial charge in [-0.3, -0.25) is 4.79 Å². The Bertz CT molecular complexity index is 116. The lowest BCUT2D eigenvalue weighted by Crippen LogP contribution is -1.79. The van der Waals surface area contributed by atoms with Gasteiger partial charge in [-0.25, -0.2) is 0 Å². The van der Waals surface area contributed by atoms with Gasteiger partial charge >= 0.3 is 0 Å². The summed E-state index contributed by atoms with van der Waals surface area (Å²) in [7, 11) is 0. The smallest absolute Gasteiger partial charge is 0.242 e. The molecule has 0 bridgehead atoms. The highest BCUT2D eigenvalue weighted by Gasteiger charge is 1.87. The second-order valence-corrected chi connectivity index (χ2v) is 2.07. The molecule has 1 nitrogen and oxygen atoms in total. The highest BCUT2D eigenvalue weighted by molar-refractivity contribution is 7.97. The maximum atomic E-state index is 10.2. The molecule has 0 aliphatic carbocycles. The van der Waals surface area contributed by atoms with Crippen molar-refractivity contribution >= 4 is 17.7 Å². The van der Waals surface area contributed by atoms with Gasteiger partial charge in [0.1, 0.15) is 0 Å². The van der Waals surface area contributed by atoms with Gasteiger partial charge in [0.2, 0.25) is 5.12 Å². The molecule has 0 saturated carbocycles. The first kappa shape index (κ1) is 7.63. The van der Waals surface area contributed by atoms with Crippen molar-refractivity contribution in [3.63, 3.8) is 0 Å². The SMILES string of the molecule is CC/C(C)=C/C(=O)[S]. The van der Waals surface area contributed by atoms with E-state index < -0.39 is 0 Å². The number of allylic oxidation sites excluding steroid dienone is 1. The Labute approximate surface area is 55.2 Å². The molecule has 0 spiro atoms. The Balaban J connectivity index is 3.75. The van der Waals surface area contributed by atoms with Crippen LogP contribution < -0.4 is 0 Å². The van der Waals surface area contributed by atoms with Gasteiger partial charge in [0.25, 0.3) is 0 Å². The summed E-state index contributed by atoms with van der Waals surface area (Å²) in [4.78, 5) is 10.2. The van der Waals surface area contributed by atoms with E-state index in [0.717, 1.165) is 12.0 Å². The van der Waals surface area contributed by atoms with Gasteiger partial charge in [0.05, 0.1) is 0 Å². The van der Waals surface area contributed by atoms with E-state index in [2.05, 4.69) is 12.6 Å². The topological polar surface area (TPSA) is 17.1 Å². The van der Waals surface area contributed by atoms with Gasteiger partial charge in [0, 0.05) is 0 Å². The zero-order valence-electron chi connectivity index (χ0n) is 5.10. The average molecular weight is 129 g/mol. The van der Waals surface area contributed by atoms with Crippen LogP contribution in [0.3, 0.4) is 0 Å². The fourth-order valence-electron chi connectivity index (χ4n) is 0.303. The molecule has 0 atom stereocenters. The molecule has 0 rings (SSSR count). The van der Waals surface area contributed by atoms with Crippen molar-refractivity contribution in [2.24, 2.45) is 0 Å². The van der Waals surface area contributed by atoms with Crippen molar-refractivity contribution in [2.45, 2.75) is 20.3 Å². The van der Waals surface area contributed by atoms with Crippen molar-refractivity contribution in [3.8, 4) is 0 Å². The molecule has 0 unspecified atom stereocenters. The summed E-state index contributed by atoms with van der Waals surface area (Å²) in [5.41, 5.74) is 1.05. The van der Waals surface area contributed by atoms with E-state index in [4.69, 9.17) is 0 Å². The number of hydrogen-bond donors (Lipinski definition) is 0. The van der Waals surface area contributed by atoms with Crippen LogP contribution in [0.1, 0.15) is 20.3 Å². The third kappa shape index (κ3) is 3.81. The fourth-order valence-corrected chi connectivity index (χ4v) is 0.504. The normalized spacial score (nSPS) is 11.5. The summed E-state index contributed by atoms with van der Waals surface area (Å²) in [5, 5.41) is -0.274. The van der Waals surface area contributed by atoms with Crippen molar-refractivity contribution in [1.29, 1.82) is 0 Å². The van der Waals surface area contributed by atoms with E-state index in [1.807, 2.05) is 13.8 Å². The van der Waals surface area contributed by atoms with E-state index in [1.165, 1.54) is 6.08 Å². The zero-order chi connectivity index (χ0) is 6.57. The second-order valence-electron chi connectivity index (χ2n) is 1.66. The lowest BCUT2D eigenvalue weighted by Gasteiger charge is -1.87. The van der Waals surface area contributed by atoms with Crippen LogP contribution in [-0.4, -0.2) is 5.12 Å². The molecule has 45 valence electrons. The summed E-state index contributed by atoms with van der Waals surface area (Å²) in [6.45, 7) is 3.88. The fraction of sp³-hybridized carbons (Fsp3) is 0.500. The highest BCUT2D eigenvalue weighted by Crippen LogP contribution is 1.98. The molecule has 0 aromatic heterocycles. The summed E-state index contributed by atoms with van der Waals surface area (Å²) in [6.07, 6.45) is 2.39. The van der Waals surface area contributed by atoms with Crippen LogP contribution in [0.4, 0.5) is 0 Å². The van der Waals surface area contributed by atoms with Gasteiger partial charge in [-0.1, -0.05) is 12.5 Å². The molecule has 0 aromatic carbocycles. The molecule has 0 saturated heterocycles. The Morgan fingerprint density at radius 1 is 1.75 bits per heavy atom. The van der Waals surface area contributed by atoms with E-state index in [9.17, 15) is 4.79 Å². The minimum Gasteiger partial charge on any atom is -0.277 e. The number of hydrogen-bond acceptors (Lipinski definition) is 1. The molecule has 2 heteroatoms. The summed E-state index contributed by atoms with van der Waals surface area (Å²) in [5.74, 6) is 0. The van der Waals surface area contributed by atoms with Crippen molar-refractivity contribution in [1.82, 2.24) is 0 Å². The van der Waals surface area contributed by atoms with Crippen molar-refractivity contribution in [3.05, 3.63) is 11.6 Å². The molecule has 0 aliphatic rings. The summed E-state index contributed by atoms with van der Waals surface area (Å²) >= 11 is 4.31.